The van der Waals surface area contributed by atoms with Gasteiger partial charge in [0.25, 0.3) is 0 Å². The predicted molar refractivity (Wildman–Crippen MR) is 77.0 cm³/mol. The van der Waals surface area contributed by atoms with Crippen molar-refractivity contribution in [2.24, 2.45) is 11.8 Å². The van der Waals surface area contributed by atoms with Gasteiger partial charge in [-0.15, -0.1) is 12.4 Å². The van der Waals surface area contributed by atoms with Gasteiger partial charge in [-0.25, -0.2) is 0 Å². The van der Waals surface area contributed by atoms with Crippen LogP contribution in [0, 0.1) is 11.8 Å². The highest BCUT2D eigenvalue weighted by Gasteiger charge is 2.17. The number of hydrogen-bond donors (Lipinski definition) is 2. The number of nitrogens with one attached hydrogen (secondary N) is 2. The van der Waals surface area contributed by atoms with Crippen molar-refractivity contribution < 1.29 is 4.79 Å². The molecule has 1 saturated heterocycles. The lowest BCUT2D eigenvalue weighted by Crippen LogP contribution is -2.31. The zero-order valence-electron chi connectivity index (χ0n) is 11.2. The molecule has 2 N–H and O–H groups in total. The average Bonchev–Trinajstić information content (AvgIpc) is 2.88. The van der Waals surface area contributed by atoms with Gasteiger partial charge in [0.2, 0.25) is 5.91 Å². The Morgan fingerprint density at radius 1 is 1.06 bits per heavy atom. The first-order valence-electron chi connectivity index (χ1n) is 7.32. The van der Waals surface area contributed by atoms with Crippen molar-refractivity contribution >= 4 is 18.3 Å². The van der Waals surface area contributed by atoms with Crippen LogP contribution in [0.2, 0.25) is 0 Å². The molecule has 1 aliphatic heterocycles. The Morgan fingerprint density at radius 3 is 2.39 bits per heavy atom. The summed E-state index contributed by atoms with van der Waals surface area (Å²) in [5.74, 6) is 1.81. The second-order valence-electron chi connectivity index (χ2n) is 5.69. The quantitative estimate of drug-likeness (QED) is 0.809. The third-order valence-corrected chi connectivity index (χ3v) is 4.30. The molecule has 1 saturated carbocycles. The van der Waals surface area contributed by atoms with E-state index in [9.17, 15) is 4.79 Å². The van der Waals surface area contributed by atoms with Gasteiger partial charge in [0.1, 0.15) is 0 Å². The Hall–Kier alpha value is -0.280. The summed E-state index contributed by atoms with van der Waals surface area (Å²) in [6, 6.07) is 0. The van der Waals surface area contributed by atoms with Gasteiger partial charge < -0.3 is 10.6 Å². The Labute approximate surface area is 117 Å². The fourth-order valence-electron chi connectivity index (χ4n) is 3.07. The van der Waals surface area contributed by atoms with E-state index in [4.69, 9.17) is 0 Å². The molecule has 0 bridgehead atoms. The summed E-state index contributed by atoms with van der Waals surface area (Å²) in [6.07, 6.45) is 9.65. The molecule has 18 heavy (non-hydrogen) atoms. The van der Waals surface area contributed by atoms with Crippen molar-refractivity contribution in [3.8, 4) is 0 Å². The van der Waals surface area contributed by atoms with Crippen LogP contribution in [0.15, 0.2) is 0 Å². The van der Waals surface area contributed by atoms with E-state index < -0.39 is 0 Å². The second-order valence-corrected chi connectivity index (χ2v) is 5.69. The van der Waals surface area contributed by atoms with E-state index in [0.717, 1.165) is 44.3 Å². The zero-order chi connectivity index (χ0) is 11.9. The van der Waals surface area contributed by atoms with Crippen molar-refractivity contribution in [1.29, 1.82) is 0 Å². The Kier molecular flexibility index (Phi) is 7.68. The topological polar surface area (TPSA) is 41.1 Å². The standard InChI is InChI=1S/C14H26N2O.ClH/c17-14(16-11-13-3-1-2-4-13)6-5-12-7-9-15-10-8-12;/h12-13,15H,1-11H2,(H,16,17);1H. The number of amides is 1. The zero-order valence-corrected chi connectivity index (χ0v) is 12.1. The van der Waals surface area contributed by atoms with Gasteiger partial charge in [-0.1, -0.05) is 12.8 Å². The number of halogens is 1. The van der Waals surface area contributed by atoms with Crippen LogP contribution in [0.4, 0.5) is 0 Å². The van der Waals surface area contributed by atoms with Crippen LogP contribution < -0.4 is 10.6 Å². The summed E-state index contributed by atoms with van der Waals surface area (Å²) in [4.78, 5) is 11.7. The van der Waals surface area contributed by atoms with Crippen molar-refractivity contribution in [2.45, 2.75) is 51.4 Å². The summed E-state index contributed by atoms with van der Waals surface area (Å²) in [5, 5.41) is 6.47. The van der Waals surface area contributed by atoms with E-state index in [1.165, 1.54) is 38.5 Å². The summed E-state index contributed by atoms with van der Waals surface area (Å²) in [5.41, 5.74) is 0. The van der Waals surface area contributed by atoms with Gasteiger partial charge in [0.05, 0.1) is 0 Å². The number of carbonyl (C=O) groups excluding carboxylic acids is 1. The van der Waals surface area contributed by atoms with Crippen molar-refractivity contribution in [2.75, 3.05) is 19.6 Å². The molecule has 0 unspecified atom stereocenters. The maximum absolute atomic E-state index is 11.7. The molecular weight excluding hydrogens is 248 g/mol. The van der Waals surface area contributed by atoms with Crippen LogP contribution in [0.3, 0.4) is 0 Å². The first-order chi connectivity index (χ1) is 8.34. The third-order valence-electron chi connectivity index (χ3n) is 4.30. The Balaban J connectivity index is 0.00000162. The van der Waals surface area contributed by atoms with Crippen LogP contribution in [-0.4, -0.2) is 25.5 Å². The molecular formula is C14H27ClN2O. The largest absolute Gasteiger partial charge is 0.356 e. The van der Waals surface area contributed by atoms with Gasteiger partial charge >= 0.3 is 0 Å². The molecule has 1 heterocycles. The molecule has 0 aromatic heterocycles. The van der Waals surface area contributed by atoms with Crippen LogP contribution in [0.5, 0.6) is 0 Å². The smallest absolute Gasteiger partial charge is 0.220 e. The maximum Gasteiger partial charge on any atom is 0.220 e. The minimum Gasteiger partial charge on any atom is -0.356 e. The Bertz CT molecular complexity index is 236. The molecule has 0 spiro atoms. The van der Waals surface area contributed by atoms with E-state index in [-0.39, 0.29) is 18.3 Å². The van der Waals surface area contributed by atoms with Crippen LogP contribution >= 0.6 is 12.4 Å². The molecule has 4 heteroatoms. The SMILES string of the molecule is Cl.O=C(CCC1CCNCC1)NCC1CCCC1. The lowest BCUT2D eigenvalue weighted by molar-refractivity contribution is -0.121. The first kappa shape index (κ1) is 15.8. The molecule has 0 aromatic carbocycles. The number of rotatable bonds is 5. The highest BCUT2D eigenvalue weighted by atomic mass is 35.5. The van der Waals surface area contributed by atoms with Gasteiger partial charge in [-0.2, -0.15) is 0 Å². The van der Waals surface area contributed by atoms with E-state index in [0.29, 0.717) is 0 Å². The lowest BCUT2D eigenvalue weighted by Gasteiger charge is -2.22. The summed E-state index contributed by atoms with van der Waals surface area (Å²) in [7, 11) is 0. The van der Waals surface area contributed by atoms with E-state index >= 15 is 0 Å². The molecule has 1 aliphatic carbocycles. The number of hydrogen-bond acceptors (Lipinski definition) is 2. The summed E-state index contributed by atoms with van der Waals surface area (Å²) in [6.45, 7) is 3.19. The minimum atomic E-state index is 0. The second kappa shape index (κ2) is 8.76. The van der Waals surface area contributed by atoms with Gasteiger partial charge in [0.15, 0.2) is 0 Å². The van der Waals surface area contributed by atoms with Crippen LogP contribution in [-0.2, 0) is 4.79 Å². The normalized spacial score (nSPS) is 21.6. The fourth-order valence-corrected chi connectivity index (χ4v) is 3.07. The molecule has 2 fully saturated rings. The van der Waals surface area contributed by atoms with E-state index in [1.54, 1.807) is 0 Å². The Morgan fingerprint density at radius 2 is 1.72 bits per heavy atom. The lowest BCUT2D eigenvalue weighted by atomic mass is 9.93. The summed E-state index contributed by atoms with van der Waals surface area (Å²) >= 11 is 0. The van der Waals surface area contributed by atoms with Crippen LogP contribution in [0.1, 0.15) is 51.4 Å². The molecule has 2 rings (SSSR count). The average molecular weight is 275 g/mol. The first-order valence-corrected chi connectivity index (χ1v) is 7.32. The number of piperidine rings is 1. The van der Waals surface area contributed by atoms with E-state index in [1.807, 2.05) is 0 Å². The monoisotopic (exact) mass is 274 g/mol. The minimum absolute atomic E-state index is 0. The van der Waals surface area contributed by atoms with Crippen LogP contribution in [0.25, 0.3) is 0 Å². The molecule has 1 amide bonds. The molecule has 2 aliphatic rings. The van der Waals surface area contributed by atoms with Crippen molar-refractivity contribution in [3.05, 3.63) is 0 Å². The maximum atomic E-state index is 11.7. The van der Waals surface area contributed by atoms with Gasteiger partial charge in [0, 0.05) is 13.0 Å². The molecule has 0 radical (unpaired) electrons. The molecule has 0 aromatic rings. The van der Waals surface area contributed by atoms with E-state index in [2.05, 4.69) is 10.6 Å². The number of carbonyl (C=O) groups is 1. The van der Waals surface area contributed by atoms with Crippen molar-refractivity contribution in [3.63, 3.8) is 0 Å². The highest BCUT2D eigenvalue weighted by Crippen LogP contribution is 2.23. The fraction of sp³-hybridized carbons (Fsp3) is 0.929. The predicted octanol–water partition coefficient (Wildman–Crippen LogP) is 2.49. The van der Waals surface area contributed by atoms with Gasteiger partial charge in [-0.05, 0) is 57.0 Å². The highest BCUT2D eigenvalue weighted by molar-refractivity contribution is 5.85. The third kappa shape index (κ3) is 5.57. The molecule has 3 nitrogen and oxygen atoms in total. The summed E-state index contributed by atoms with van der Waals surface area (Å²) < 4.78 is 0. The molecule has 0 atom stereocenters. The van der Waals surface area contributed by atoms with Gasteiger partial charge in [-0.3, -0.25) is 4.79 Å². The van der Waals surface area contributed by atoms with Crippen molar-refractivity contribution in [1.82, 2.24) is 10.6 Å². The molecule has 106 valence electrons.